The van der Waals surface area contributed by atoms with E-state index in [1.807, 2.05) is 0 Å². The summed E-state index contributed by atoms with van der Waals surface area (Å²) in [5.74, 6) is -1.04. The molecule has 1 amide bonds. The largest absolute Gasteiger partial charge is 0.341 e. The molecule has 1 saturated heterocycles. The van der Waals surface area contributed by atoms with Crippen molar-refractivity contribution in [2.45, 2.75) is 46.2 Å². The first-order valence-corrected chi connectivity index (χ1v) is 8.61. The van der Waals surface area contributed by atoms with E-state index in [1.165, 1.54) is 0 Å². The lowest BCUT2D eigenvalue weighted by Crippen LogP contribution is -2.43. The molecule has 5 nitrogen and oxygen atoms in total. The number of hydrogen-bond donors (Lipinski definition) is 0. The van der Waals surface area contributed by atoms with E-state index in [0.717, 1.165) is 6.54 Å². The predicted molar refractivity (Wildman–Crippen MR) is 76.6 cm³/mol. The average Bonchev–Trinajstić information content (AvgIpc) is 2.55. The summed E-state index contributed by atoms with van der Waals surface area (Å²) in [6.45, 7) is 10.1. The molecule has 0 spiro atoms. The normalized spacial score (nSPS) is 20.7. The molecule has 1 atom stereocenters. The van der Waals surface area contributed by atoms with Crippen molar-refractivity contribution in [3.8, 4) is 0 Å². The summed E-state index contributed by atoms with van der Waals surface area (Å²) in [6.07, 6.45) is 0.131. The smallest absolute Gasteiger partial charge is 0.302 e. The molecule has 7 heteroatoms. The van der Waals surface area contributed by atoms with Crippen LogP contribution in [0.1, 0.15) is 34.1 Å². The van der Waals surface area contributed by atoms with Gasteiger partial charge in [-0.3, -0.25) is 9.69 Å². The van der Waals surface area contributed by atoms with Crippen LogP contribution >= 0.6 is 0 Å². The first-order valence-electron chi connectivity index (χ1n) is 7.06. The second-order valence-corrected chi connectivity index (χ2v) is 7.45. The minimum atomic E-state index is -4.50. The van der Waals surface area contributed by atoms with E-state index in [0.29, 0.717) is 25.2 Å². The third kappa shape index (κ3) is 5.36. The number of carbonyl (C=O) groups is 1. The summed E-state index contributed by atoms with van der Waals surface area (Å²) in [4.78, 5) is 15.7. The Morgan fingerprint density at radius 3 is 2.30 bits per heavy atom. The van der Waals surface area contributed by atoms with Gasteiger partial charge in [0.15, 0.2) is 0 Å². The van der Waals surface area contributed by atoms with E-state index in [4.69, 9.17) is 0 Å². The number of likely N-dealkylation sites (tertiary alicyclic amines) is 1. The molecular formula is C13H25FN2O3S. The Labute approximate surface area is 121 Å². The molecule has 0 aromatic heterocycles. The number of hydrogen-bond acceptors (Lipinski definition) is 4. The highest BCUT2D eigenvalue weighted by atomic mass is 32.3. The van der Waals surface area contributed by atoms with Gasteiger partial charge in [0.25, 0.3) is 0 Å². The van der Waals surface area contributed by atoms with E-state index < -0.39 is 21.9 Å². The quantitative estimate of drug-likeness (QED) is 0.664. The molecule has 1 heterocycles. The predicted octanol–water partition coefficient (Wildman–Crippen LogP) is 1.25. The minimum Gasteiger partial charge on any atom is -0.341 e. The van der Waals surface area contributed by atoms with E-state index in [9.17, 15) is 17.1 Å². The third-order valence-electron chi connectivity index (χ3n) is 3.68. The molecule has 0 radical (unpaired) electrons. The lowest BCUT2D eigenvalue weighted by molar-refractivity contribution is -0.128. The summed E-state index contributed by atoms with van der Waals surface area (Å²) >= 11 is 0. The molecule has 1 aliphatic heterocycles. The van der Waals surface area contributed by atoms with Crippen LogP contribution in [0.4, 0.5) is 3.89 Å². The molecule has 118 valence electrons. The maximum absolute atomic E-state index is 12.7. The maximum Gasteiger partial charge on any atom is 0.302 e. The fourth-order valence-electron chi connectivity index (χ4n) is 2.81. The van der Waals surface area contributed by atoms with Gasteiger partial charge >= 0.3 is 10.2 Å². The van der Waals surface area contributed by atoms with Gasteiger partial charge in [0.1, 0.15) is 0 Å². The zero-order valence-electron chi connectivity index (χ0n) is 12.7. The lowest BCUT2D eigenvalue weighted by Gasteiger charge is -2.32. The van der Waals surface area contributed by atoms with Gasteiger partial charge in [-0.1, -0.05) is 0 Å². The van der Waals surface area contributed by atoms with Crippen molar-refractivity contribution >= 4 is 16.1 Å². The van der Waals surface area contributed by atoms with Gasteiger partial charge in [0, 0.05) is 44.1 Å². The second kappa shape index (κ2) is 6.85. The van der Waals surface area contributed by atoms with Gasteiger partial charge in [0.05, 0.1) is 5.75 Å². The Morgan fingerprint density at radius 1 is 1.30 bits per heavy atom. The van der Waals surface area contributed by atoms with Crippen LogP contribution in [0.3, 0.4) is 0 Å². The van der Waals surface area contributed by atoms with Gasteiger partial charge in [-0.25, -0.2) is 0 Å². The molecule has 0 saturated carbocycles. The van der Waals surface area contributed by atoms with Gasteiger partial charge in [-0.2, -0.15) is 8.42 Å². The molecule has 0 aromatic carbocycles. The zero-order valence-corrected chi connectivity index (χ0v) is 13.5. The van der Waals surface area contributed by atoms with Crippen molar-refractivity contribution in [1.82, 2.24) is 9.80 Å². The summed E-state index contributed by atoms with van der Waals surface area (Å²) in [5.41, 5.74) is 0. The maximum atomic E-state index is 12.7. The molecule has 1 aliphatic rings. The highest BCUT2D eigenvalue weighted by Crippen LogP contribution is 2.20. The van der Waals surface area contributed by atoms with Gasteiger partial charge in [-0.15, -0.1) is 3.89 Å². The molecule has 0 bridgehead atoms. The summed E-state index contributed by atoms with van der Waals surface area (Å²) in [6, 6.07) is 0.768. The second-order valence-electron chi connectivity index (χ2n) is 6.04. The van der Waals surface area contributed by atoms with E-state index in [-0.39, 0.29) is 12.3 Å². The van der Waals surface area contributed by atoms with Crippen LogP contribution in [-0.4, -0.2) is 61.6 Å². The summed E-state index contributed by atoms with van der Waals surface area (Å²) in [5, 5.41) is 0. The zero-order chi connectivity index (χ0) is 15.5. The molecule has 1 fully saturated rings. The number of carbonyl (C=O) groups excluding carboxylic acids is 1. The summed E-state index contributed by atoms with van der Waals surface area (Å²) in [7, 11) is -4.50. The first kappa shape index (κ1) is 17.4. The van der Waals surface area contributed by atoms with E-state index in [2.05, 4.69) is 32.6 Å². The first-order chi connectivity index (χ1) is 9.10. The van der Waals surface area contributed by atoms with Crippen molar-refractivity contribution < 1.29 is 17.1 Å². The van der Waals surface area contributed by atoms with Crippen molar-refractivity contribution in [2.75, 3.05) is 25.4 Å². The standard InChI is InChI=1S/C13H25FN2O3S/c1-10(2)16(11(3)4)6-5-15-8-12(7-13(15)17)9-20(14,18)19/h10-12H,5-9H2,1-4H3. The minimum absolute atomic E-state index is 0.0777. The van der Waals surface area contributed by atoms with Crippen molar-refractivity contribution in [3.63, 3.8) is 0 Å². The molecule has 0 aliphatic carbocycles. The number of amides is 1. The Balaban J connectivity index is 2.51. The monoisotopic (exact) mass is 308 g/mol. The SMILES string of the molecule is CC(C)N(CCN1CC(CS(=O)(=O)F)CC1=O)C(C)C. The number of halogens is 1. The van der Waals surface area contributed by atoms with Crippen LogP contribution < -0.4 is 0 Å². The molecule has 20 heavy (non-hydrogen) atoms. The fraction of sp³-hybridized carbons (Fsp3) is 0.923. The third-order valence-corrected chi connectivity index (χ3v) is 4.55. The fourth-order valence-corrected chi connectivity index (χ4v) is 3.60. The highest BCUT2D eigenvalue weighted by molar-refractivity contribution is 7.86. The molecule has 0 N–H and O–H groups in total. The number of rotatable bonds is 7. The summed E-state index contributed by atoms with van der Waals surface area (Å²) < 4.78 is 33.9. The molecule has 1 unspecified atom stereocenters. The molecule has 1 rings (SSSR count). The topological polar surface area (TPSA) is 57.7 Å². The van der Waals surface area contributed by atoms with Gasteiger partial charge in [-0.05, 0) is 27.7 Å². The van der Waals surface area contributed by atoms with Crippen LogP contribution in [-0.2, 0) is 15.0 Å². The van der Waals surface area contributed by atoms with Crippen LogP contribution in [0, 0.1) is 5.92 Å². The van der Waals surface area contributed by atoms with Crippen LogP contribution in [0.5, 0.6) is 0 Å². The molecule has 0 aromatic rings. The van der Waals surface area contributed by atoms with Crippen LogP contribution in [0.25, 0.3) is 0 Å². The average molecular weight is 308 g/mol. The Kier molecular flexibility index (Phi) is 5.94. The van der Waals surface area contributed by atoms with Crippen molar-refractivity contribution in [3.05, 3.63) is 0 Å². The lowest BCUT2D eigenvalue weighted by atomic mass is 10.1. The van der Waals surface area contributed by atoms with Crippen molar-refractivity contribution in [2.24, 2.45) is 5.92 Å². The Morgan fingerprint density at radius 2 is 1.85 bits per heavy atom. The van der Waals surface area contributed by atoms with Gasteiger partial charge < -0.3 is 4.90 Å². The Bertz CT molecular complexity index is 429. The highest BCUT2D eigenvalue weighted by Gasteiger charge is 2.32. The van der Waals surface area contributed by atoms with Crippen molar-refractivity contribution in [1.29, 1.82) is 0 Å². The molecular weight excluding hydrogens is 283 g/mol. The number of nitrogens with zero attached hydrogens (tertiary/aromatic N) is 2. The van der Waals surface area contributed by atoms with E-state index >= 15 is 0 Å². The van der Waals surface area contributed by atoms with Crippen LogP contribution in [0.15, 0.2) is 0 Å². The Hall–Kier alpha value is -0.690. The van der Waals surface area contributed by atoms with E-state index in [1.54, 1.807) is 4.90 Å². The van der Waals surface area contributed by atoms with Crippen LogP contribution in [0.2, 0.25) is 0 Å². The van der Waals surface area contributed by atoms with Gasteiger partial charge in [0.2, 0.25) is 5.91 Å².